The maximum absolute atomic E-state index is 11.2. The third kappa shape index (κ3) is 3.29. The normalized spacial score (nSPS) is 33.2. The van der Waals surface area contributed by atoms with Crippen molar-refractivity contribution in [3.8, 4) is 0 Å². The van der Waals surface area contributed by atoms with Gasteiger partial charge in [-0.25, -0.2) is 0 Å². The van der Waals surface area contributed by atoms with Crippen molar-refractivity contribution < 1.29 is 5.11 Å². The van der Waals surface area contributed by atoms with Crippen LogP contribution >= 0.6 is 11.8 Å². The van der Waals surface area contributed by atoms with Crippen LogP contribution in [0.15, 0.2) is 60.0 Å². The highest BCUT2D eigenvalue weighted by Crippen LogP contribution is 2.62. The van der Waals surface area contributed by atoms with Crippen LogP contribution < -0.4 is 0 Å². The number of hydrogen-bond acceptors (Lipinski definition) is 2. The van der Waals surface area contributed by atoms with Crippen LogP contribution in [0.5, 0.6) is 0 Å². The maximum Gasteiger partial charge on any atom is 0.0765 e. The molecule has 2 fully saturated rings. The van der Waals surface area contributed by atoms with E-state index in [-0.39, 0.29) is 5.41 Å². The van der Waals surface area contributed by atoms with E-state index in [0.717, 1.165) is 31.4 Å². The SMILES string of the molecule is C=CC1CC[C@]2(CC/C=C/CSc3ccccc3)CCC[C@]12O. The van der Waals surface area contributed by atoms with Crippen LogP contribution in [0, 0.1) is 11.3 Å². The van der Waals surface area contributed by atoms with Crippen LogP contribution in [0.1, 0.15) is 44.9 Å². The van der Waals surface area contributed by atoms with Gasteiger partial charge in [-0.05, 0) is 57.1 Å². The van der Waals surface area contributed by atoms with Crippen molar-refractivity contribution in [2.45, 2.75) is 55.4 Å². The summed E-state index contributed by atoms with van der Waals surface area (Å²) in [4.78, 5) is 1.32. The molecule has 0 heterocycles. The van der Waals surface area contributed by atoms with Crippen molar-refractivity contribution in [3.05, 3.63) is 55.1 Å². The second-order valence-electron chi connectivity index (χ2n) is 7.07. The summed E-state index contributed by atoms with van der Waals surface area (Å²) in [6, 6.07) is 10.5. The average molecular weight is 329 g/mol. The lowest BCUT2D eigenvalue weighted by Crippen LogP contribution is -2.43. The van der Waals surface area contributed by atoms with E-state index in [4.69, 9.17) is 0 Å². The quantitative estimate of drug-likeness (QED) is 0.518. The summed E-state index contributed by atoms with van der Waals surface area (Å²) in [5.41, 5.74) is -0.315. The Hall–Kier alpha value is -0.990. The summed E-state index contributed by atoms with van der Waals surface area (Å²) in [5.74, 6) is 1.33. The van der Waals surface area contributed by atoms with Crippen molar-refractivity contribution >= 4 is 11.8 Å². The van der Waals surface area contributed by atoms with Gasteiger partial charge in [-0.15, -0.1) is 18.3 Å². The van der Waals surface area contributed by atoms with Gasteiger partial charge in [-0.3, -0.25) is 0 Å². The summed E-state index contributed by atoms with van der Waals surface area (Å²) < 4.78 is 0. The van der Waals surface area contributed by atoms with Gasteiger partial charge in [0.1, 0.15) is 0 Å². The zero-order valence-corrected chi connectivity index (χ0v) is 14.7. The highest BCUT2D eigenvalue weighted by atomic mass is 32.2. The van der Waals surface area contributed by atoms with Gasteiger partial charge < -0.3 is 5.11 Å². The third-order valence-corrected chi connectivity index (χ3v) is 6.97. The molecule has 0 spiro atoms. The molecule has 0 saturated heterocycles. The van der Waals surface area contributed by atoms with Crippen molar-refractivity contribution in [2.24, 2.45) is 11.3 Å². The first-order chi connectivity index (χ1) is 11.2. The lowest BCUT2D eigenvalue weighted by molar-refractivity contribution is -0.0608. The van der Waals surface area contributed by atoms with Crippen LogP contribution in [-0.4, -0.2) is 16.5 Å². The van der Waals surface area contributed by atoms with Gasteiger partial charge in [0, 0.05) is 22.0 Å². The van der Waals surface area contributed by atoms with Crippen LogP contribution in [0.25, 0.3) is 0 Å². The molecule has 3 rings (SSSR count). The predicted molar refractivity (Wildman–Crippen MR) is 99.7 cm³/mol. The second kappa shape index (κ2) is 7.27. The summed E-state index contributed by atoms with van der Waals surface area (Å²) in [6.45, 7) is 3.95. The second-order valence-corrected chi connectivity index (χ2v) is 8.17. The molecule has 2 aliphatic carbocycles. The van der Waals surface area contributed by atoms with Gasteiger partial charge in [0.25, 0.3) is 0 Å². The Balaban J connectivity index is 1.48. The van der Waals surface area contributed by atoms with Crippen molar-refractivity contribution in [2.75, 3.05) is 5.75 Å². The van der Waals surface area contributed by atoms with Gasteiger partial charge in [0.15, 0.2) is 0 Å². The Bertz CT molecular complexity index is 552. The number of fused-ring (bicyclic) bond motifs is 1. The number of benzene rings is 1. The Morgan fingerprint density at radius 1 is 1.17 bits per heavy atom. The van der Waals surface area contributed by atoms with Gasteiger partial charge in [0.2, 0.25) is 0 Å². The molecule has 2 saturated carbocycles. The van der Waals surface area contributed by atoms with Crippen LogP contribution in [0.4, 0.5) is 0 Å². The molecule has 0 aromatic heterocycles. The lowest BCUT2D eigenvalue weighted by Gasteiger charge is -2.39. The number of hydrogen-bond donors (Lipinski definition) is 1. The molecule has 1 aromatic carbocycles. The molecule has 0 radical (unpaired) electrons. The minimum Gasteiger partial charge on any atom is -0.389 e. The maximum atomic E-state index is 11.2. The Morgan fingerprint density at radius 2 is 2.00 bits per heavy atom. The largest absolute Gasteiger partial charge is 0.389 e. The highest BCUT2D eigenvalue weighted by molar-refractivity contribution is 7.99. The fourth-order valence-electron chi connectivity index (χ4n) is 4.75. The average Bonchev–Trinajstić information content (AvgIpc) is 3.03. The molecule has 1 unspecified atom stereocenters. The summed E-state index contributed by atoms with van der Waals surface area (Å²) >= 11 is 1.87. The molecule has 1 nitrogen and oxygen atoms in total. The highest BCUT2D eigenvalue weighted by Gasteiger charge is 2.60. The molecule has 1 aromatic rings. The number of allylic oxidation sites excluding steroid dienone is 1. The van der Waals surface area contributed by atoms with Gasteiger partial charge in [-0.2, -0.15) is 0 Å². The number of rotatable bonds is 7. The van der Waals surface area contributed by atoms with E-state index >= 15 is 0 Å². The minimum atomic E-state index is -0.471. The summed E-state index contributed by atoms with van der Waals surface area (Å²) in [5, 5.41) is 11.2. The van der Waals surface area contributed by atoms with Crippen molar-refractivity contribution in [1.29, 1.82) is 0 Å². The minimum absolute atomic E-state index is 0.156. The Morgan fingerprint density at radius 3 is 2.78 bits per heavy atom. The third-order valence-electron chi connectivity index (χ3n) is 6.01. The monoisotopic (exact) mass is 328 g/mol. The summed E-state index contributed by atoms with van der Waals surface area (Å²) in [6.07, 6.45) is 14.4. The zero-order chi connectivity index (χ0) is 16.2. The van der Waals surface area contributed by atoms with E-state index in [2.05, 4.69) is 49.1 Å². The van der Waals surface area contributed by atoms with E-state index in [9.17, 15) is 5.11 Å². The fraction of sp³-hybridized carbons (Fsp3) is 0.524. The van der Waals surface area contributed by atoms with Gasteiger partial charge in [-0.1, -0.05) is 36.4 Å². The van der Waals surface area contributed by atoms with Crippen LogP contribution in [0.2, 0.25) is 0 Å². The number of thioether (sulfide) groups is 1. The van der Waals surface area contributed by atoms with Gasteiger partial charge >= 0.3 is 0 Å². The lowest BCUT2D eigenvalue weighted by atomic mass is 9.71. The molecule has 1 N–H and O–H groups in total. The molecule has 23 heavy (non-hydrogen) atoms. The Kier molecular flexibility index (Phi) is 5.33. The number of aliphatic hydroxyl groups is 1. The standard InChI is InChI=1S/C21H28OS/c1-2-18-12-16-20(14-9-15-21(18,20)22)13-7-4-8-17-23-19-10-5-3-6-11-19/h2-6,8,10-11,18,22H,1,7,9,12-17H2/b8-4+/t18?,20-,21-/m0/s1. The van der Waals surface area contributed by atoms with Gasteiger partial charge in [0.05, 0.1) is 5.60 Å². The zero-order valence-electron chi connectivity index (χ0n) is 13.9. The van der Waals surface area contributed by atoms with E-state index in [1.807, 2.05) is 17.8 Å². The topological polar surface area (TPSA) is 20.2 Å². The Labute approximate surface area is 144 Å². The van der Waals surface area contributed by atoms with E-state index in [0.29, 0.717) is 5.92 Å². The van der Waals surface area contributed by atoms with Crippen LogP contribution in [-0.2, 0) is 0 Å². The molecule has 0 amide bonds. The molecule has 0 bridgehead atoms. The van der Waals surface area contributed by atoms with E-state index in [1.165, 1.54) is 24.2 Å². The van der Waals surface area contributed by atoms with Crippen LogP contribution in [0.3, 0.4) is 0 Å². The fourth-order valence-corrected chi connectivity index (χ4v) is 5.53. The molecule has 0 aliphatic heterocycles. The first-order valence-electron chi connectivity index (χ1n) is 8.88. The smallest absolute Gasteiger partial charge is 0.0765 e. The van der Waals surface area contributed by atoms with E-state index < -0.39 is 5.60 Å². The molecular formula is C21H28OS. The molecule has 2 heteroatoms. The molecule has 2 aliphatic rings. The van der Waals surface area contributed by atoms with Crippen molar-refractivity contribution in [3.63, 3.8) is 0 Å². The van der Waals surface area contributed by atoms with E-state index in [1.54, 1.807) is 0 Å². The first kappa shape index (κ1) is 16.9. The van der Waals surface area contributed by atoms with Crippen molar-refractivity contribution in [1.82, 2.24) is 0 Å². The molecular weight excluding hydrogens is 300 g/mol. The molecule has 124 valence electrons. The predicted octanol–water partition coefficient (Wildman–Crippen LogP) is 5.61. The molecule has 3 atom stereocenters. The summed E-state index contributed by atoms with van der Waals surface area (Å²) in [7, 11) is 0. The first-order valence-corrected chi connectivity index (χ1v) is 9.87.